The molecule has 2 aromatic rings. The van der Waals surface area contributed by atoms with Crippen LogP contribution in [0.15, 0.2) is 60.7 Å². The first-order valence-corrected chi connectivity index (χ1v) is 10.6. The van der Waals surface area contributed by atoms with E-state index >= 15 is 0 Å². The zero-order valence-corrected chi connectivity index (χ0v) is 17.3. The second-order valence-electron chi connectivity index (χ2n) is 8.15. The molecular weight excluding hydrogens is 380 g/mol. The third-order valence-corrected chi connectivity index (χ3v) is 6.34. The Morgan fingerprint density at radius 2 is 1.53 bits per heavy atom. The fourth-order valence-corrected chi connectivity index (χ4v) is 4.62. The lowest BCUT2D eigenvalue weighted by atomic mass is 9.81. The largest absolute Gasteiger partial charge is 0.483 e. The van der Waals surface area contributed by atoms with E-state index in [1.54, 1.807) is 0 Å². The quantitative estimate of drug-likeness (QED) is 0.669. The Labute approximate surface area is 178 Å². The maximum absolute atomic E-state index is 11.0. The van der Waals surface area contributed by atoms with E-state index in [1.807, 2.05) is 30.3 Å². The minimum atomic E-state index is -1.12. The van der Waals surface area contributed by atoms with Gasteiger partial charge < -0.3 is 15.3 Å². The minimum absolute atomic E-state index is 0.250. The molecule has 3 N–H and O–H groups in total. The van der Waals surface area contributed by atoms with E-state index in [0.717, 1.165) is 44.6 Å². The van der Waals surface area contributed by atoms with Crippen LogP contribution >= 0.6 is 0 Å². The summed E-state index contributed by atoms with van der Waals surface area (Å²) in [6.07, 6.45) is 2.10. The van der Waals surface area contributed by atoms with E-state index in [2.05, 4.69) is 40.1 Å². The molecule has 2 atom stereocenters. The van der Waals surface area contributed by atoms with Gasteiger partial charge >= 0.3 is 0 Å². The molecule has 0 saturated carbocycles. The molecule has 2 heterocycles. The predicted molar refractivity (Wildman–Crippen MR) is 116 cm³/mol. The average Bonchev–Trinajstić information content (AvgIpc) is 2.78. The third kappa shape index (κ3) is 5.46. The number of hydrogen-bond donors (Lipinski definition) is 3. The van der Waals surface area contributed by atoms with E-state index < -0.39 is 11.7 Å². The summed E-state index contributed by atoms with van der Waals surface area (Å²) >= 11 is 0. The molecule has 0 bridgehead atoms. The second kappa shape index (κ2) is 10.7. The van der Waals surface area contributed by atoms with Crippen molar-refractivity contribution in [3.8, 4) is 0 Å². The van der Waals surface area contributed by atoms with Gasteiger partial charge in [0, 0.05) is 25.7 Å². The minimum Gasteiger partial charge on any atom is -0.483 e. The lowest BCUT2D eigenvalue weighted by molar-refractivity contribution is -0.133. The summed E-state index contributed by atoms with van der Waals surface area (Å²) < 4.78 is 0. The summed E-state index contributed by atoms with van der Waals surface area (Å²) in [4.78, 5) is 13.3. The molecule has 2 fully saturated rings. The number of β-amino-alcohol motifs (C(OH)–C–C–N with tert-alkyl or cyclic N) is 1. The van der Waals surface area contributed by atoms with Crippen LogP contribution < -0.4 is 0 Å². The number of rotatable bonds is 4. The standard InChI is InChI=1S/C23H30N2O2.CH2O2/c26-22-18-25(16-13-23(22,27)20-9-5-2-6-10-20)21-11-14-24(15-12-21)17-19-7-3-1-4-8-19;2-1-3/h1-10,21-22,26-27H,11-18H2;1H,(H,2,3)/t22-,23-;/m0./s1. The molecule has 2 aromatic carbocycles. The van der Waals surface area contributed by atoms with Gasteiger partial charge in [-0.3, -0.25) is 14.6 Å². The normalized spacial score (nSPS) is 25.9. The number of benzene rings is 2. The fourth-order valence-electron chi connectivity index (χ4n) is 4.62. The molecule has 2 aliphatic heterocycles. The van der Waals surface area contributed by atoms with Gasteiger partial charge in [-0.15, -0.1) is 0 Å². The van der Waals surface area contributed by atoms with Gasteiger partial charge in [0.15, 0.2) is 0 Å². The van der Waals surface area contributed by atoms with Crippen LogP contribution in [0.2, 0.25) is 0 Å². The molecule has 2 aliphatic rings. The number of carbonyl (C=O) groups is 1. The van der Waals surface area contributed by atoms with Gasteiger partial charge in [-0.25, -0.2) is 0 Å². The van der Waals surface area contributed by atoms with Gasteiger partial charge in [0.25, 0.3) is 6.47 Å². The summed E-state index contributed by atoms with van der Waals surface area (Å²) in [5.74, 6) is 0. The smallest absolute Gasteiger partial charge is 0.290 e. The molecule has 0 unspecified atom stereocenters. The maximum Gasteiger partial charge on any atom is 0.290 e. The number of aliphatic hydroxyl groups is 2. The summed E-state index contributed by atoms with van der Waals surface area (Å²) in [7, 11) is 0. The van der Waals surface area contributed by atoms with Crippen molar-refractivity contribution in [2.45, 2.75) is 43.6 Å². The Morgan fingerprint density at radius 3 is 2.10 bits per heavy atom. The number of nitrogens with zero attached hydrogens (tertiary/aromatic N) is 2. The second-order valence-corrected chi connectivity index (χ2v) is 8.15. The number of aliphatic hydroxyl groups excluding tert-OH is 1. The van der Waals surface area contributed by atoms with Crippen molar-refractivity contribution in [1.82, 2.24) is 9.80 Å². The van der Waals surface area contributed by atoms with E-state index in [4.69, 9.17) is 9.90 Å². The van der Waals surface area contributed by atoms with Crippen molar-refractivity contribution < 1.29 is 20.1 Å². The Morgan fingerprint density at radius 1 is 0.967 bits per heavy atom. The van der Waals surface area contributed by atoms with Gasteiger partial charge in [-0.05, 0) is 43.5 Å². The van der Waals surface area contributed by atoms with E-state index in [0.29, 0.717) is 19.0 Å². The lowest BCUT2D eigenvalue weighted by Gasteiger charge is -2.47. The highest BCUT2D eigenvalue weighted by Gasteiger charge is 2.43. The molecule has 0 spiro atoms. The van der Waals surface area contributed by atoms with Crippen molar-refractivity contribution in [3.63, 3.8) is 0 Å². The summed E-state index contributed by atoms with van der Waals surface area (Å²) in [6, 6.07) is 20.8. The lowest BCUT2D eigenvalue weighted by Crippen LogP contribution is -2.57. The zero-order chi connectivity index (χ0) is 21.4. The predicted octanol–water partition coefficient (Wildman–Crippen LogP) is 2.31. The van der Waals surface area contributed by atoms with Crippen molar-refractivity contribution in [3.05, 3.63) is 71.8 Å². The van der Waals surface area contributed by atoms with Crippen molar-refractivity contribution in [2.24, 2.45) is 0 Å². The van der Waals surface area contributed by atoms with Gasteiger partial charge in [-0.2, -0.15) is 0 Å². The topological polar surface area (TPSA) is 84.2 Å². The molecule has 2 saturated heterocycles. The fraction of sp³-hybridized carbons (Fsp3) is 0.458. The van der Waals surface area contributed by atoms with Crippen LogP contribution in [0.1, 0.15) is 30.4 Å². The van der Waals surface area contributed by atoms with Crippen molar-refractivity contribution >= 4 is 6.47 Å². The van der Waals surface area contributed by atoms with E-state index in [9.17, 15) is 10.2 Å². The molecule has 0 amide bonds. The Kier molecular flexibility index (Phi) is 7.99. The highest BCUT2D eigenvalue weighted by atomic mass is 16.3. The third-order valence-electron chi connectivity index (χ3n) is 6.34. The van der Waals surface area contributed by atoms with Crippen LogP contribution in [0.4, 0.5) is 0 Å². The zero-order valence-electron chi connectivity index (χ0n) is 17.3. The van der Waals surface area contributed by atoms with Gasteiger partial charge in [0.1, 0.15) is 5.60 Å². The molecule has 162 valence electrons. The average molecular weight is 413 g/mol. The number of likely N-dealkylation sites (tertiary alicyclic amines) is 2. The molecule has 30 heavy (non-hydrogen) atoms. The molecule has 6 nitrogen and oxygen atoms in total. The van der Waals surface area contributed by atoms with Gasteiger partial charge in [0.2, 0.25) is 0 Å². The molecular formula is C24H32N2O4. The number of carboxylic acid groups (broad SMARTS) is 1. The highest BCUT2D eigenvalue weighted by molar-refractivity contribution is 5.32. The molecule has 4 rings (SSSR count). The molecule has 0 aromatic heterocycles. The molecule has 0 aliphatic carbocycles. The van der Waals surface area contributed by atoms with Crippen LogP contribution in [0.3, 0.4) is 0 Å². The number of piperidine rings is 2. The molecule has 0 radical (unpaired) electrons. The van der Waals surface area contributed by atoms with Crippen molar-refractivity contribution in [1.29, 1.82) is 0 Å². The van der Waals surface area contributed by atoms with E-state index in [-0.39, 0.29) is 6.47 Å². The Bertz CT molecular complexity index is 765. The van der Waals surface area contributed by atoms with Gasteiger partial charge in [0.05, 0.1) is 6.10 Å². The Balaban J connectivity index is 0.000000806. The van der Waals surface area contributed by atoms with E-state index in [1.165, 1.54) is 5.56 Å². The van der Waals surface area contributed by atoms with Crippen LogP contribution in [0.5, 0.6) is 0 Å². The first-order valence-electron chi connectivity index (χ1n) is 10.6. The first kappa shape index (κ1) is 22.4. The SMILES string of the molecule is O=CO.O[C@H]1CN(C2CCN(Cc3ccccc3)CC2)CC[C@]1(O)c1ccccc1. The molecule has 6 heteroatoms. The summed E-state index contributed by atoms with van der Waals surface area (Å²) in [5, 5.41) is 28.7. The maximum atomic E-state index is 11.0. The van der Waals surface area contributed by atoms with Crippen LogP contribution in [0.25, 0.3) is 0 Å². The van der Waals surface area contributed by atoms with Crippen LogP contribution in [0, 0.1) is 0 Å². The summed E-state index contributed by atoms with van der Waals surface area (Å²) in [6.45, 7) is 4.34. The Hall–Kier alpha value is -2.25. The van der Waals surface area contributed by atoms with Crippen LogP contribution in [-0.4, -0.2) is 69.9 Å². The van der Waals surface area contributed by atoms with Gasteiger partial charge in [-0.1, -0.05) is 60.7 Å². The first-order chi connectivity index (χ1) is 14.6. The highest BCUT2D eigenvalue weighted by Crippen LogP contribution is 2.34. The monoisotopic (exact) mass is 412 g/mol. The summed E-state index contributed by atoms with van der Waals surface area (Å²) in [5.41, 5.74) is 1.08. The number of hydrogen-bond acceptors (Lipinski definition) is 5. The van der Waals surface area contributed by atoms with Crippen molar-refractivity contribution in [2.75, 3.05) is 26.2 Å². The van der Waals surface area contributed by atoms with Crippen LogP contribution in [-0.2, 0) is 16.9 Å².